The molecular formula is C21H20N2O4. The van der Waals surface area contributed by atoms with Crippen LogP contribution in [0.4, 0.5) is 11.4 Å². The van der Waals surface area contributed by atoms with Gasteiger partial charge in [-0.1, -0.05) is 0 Å². The standard InChI is InChI=1S/C21H20N2O4/c1-13(24)22-14-7-9-15(10-8-14)23-17-4-2-5-18(25)21(17)16(12-20(23)26)19-6-3-11-27-19/h3,6-11,16H,2,4-5,12H2,1H3,(H,22,24). The van der Waals surface area contributed by atoms with Crippen LogP contribution in [0, 0.1) is 0 Å². The predicted molar refractivity (Wildman–Crippen MR) is 100 cm³/mol. The van der Waals surface area contributed by atoms with Crippen molar-refractivity contribution in [2.75, 3.05) is 10.2 Å². The maximum atomic E-state index is 13.0. The molecule has 1 aromatic carbocycles. The Bertz CT molecular complexity index is 926. The second kappa shape index (κ2) is 6.87. The fraction of sp³-hybridized carbons (Fsp3) is 0.286. The molecule has 2 amide bonds. The van der Waals surface area contributed by atoms with Gasteiger partial charge >= 0.3 is 0 Å². The number of anilines is 2. The minimum atomic E-state index is -0.315. The average molecular weight is 364 g/mol. The monoisotopic (exact) mass is 364 g/mol. The molecule has 0 saturated carbocycles. The summed E-state index contributed by atoms with van der Waals surface area (Å²) in [5.41, 5.74) is 2.84. The zero-order valence-electron chi connectivity index (χ0n) is 15.0. The molecule has 138 valence electrons. The highest BCUT2D eigenvalue weighted by atomic mass is 16.3. The number of Topliss-reactive ketones (excluding diaryl/α,β-unsaturated/α-hetero) is 1. The summed E-state index contributed by atoms with van der Waals surface area (Å²) in [5.74, 6) is 0.222. The number of hydrogen-bond acceptors (Lipinski definition) is 4. The quantitative estimate of drug-likeness (QED) is 0.899. The largest absolute Gasteiger partial charge is 0.469 e. The highest BCUT2D eigenvalue weighted by molar-refractivity contribution is 6.07. The smallest absolute Gasteiger partial charge is 0.232 e. The minimum Gasteiger partial charge on any atom is -0.469 e. The Kier molecular flexibility index (Phi) is 4.39. The van der Waals surface area contributed by atoms with E-state index >= 15 is 0 Å². The number of ketones is 1. The Morgan fingerprint density at radius 3 is 2.59 bits per heavy atom. The van der Waals surface area contributed by atoms with Gasteiger partial charge < -0.3 is 9.73 Å². The van der Waals surface area contributed by atoms with Gasteiger partial charge in [0.25, 0.3) is 0 Å². The summed E-state index contributed by atoms with van der Waals surface area (Å²) in [6.45, 7) is 1.45. The van der Waals surface area contributed by atoms with Crippen molar-refractivity contribution in [3.8, 4) is 0 Å². The first kappa shape index (κ1) is 17.3. The number of furan rings is 1. The Morgan fingerprint density at radius 2 is 1.93 bits per heavy atom. The van der Waals surface area contributed by atoms with E-state index < -0.39 is 0 Å². The molecule has 1 aliphatic heterocycles. The third-order valence-corrected chi connectivity index (χ3v) is 5.01. The summed E-state index contributed by atoms with van der Waals surface area (Å²) in [6.07, 6.45) is 3.68. The van der Waals surface area contributed by atoms with E-state index in [-0.39, 0.29) is 29.9 Å². The van der Waals surface area contributed by atoms with Gasteiger partial charge in [0.1, 0.15) is 5.76 Å². The second-order valence-corrected chi connectivity index (χ2v) is 6.87. The third-order valence-electron chi connectivity index (χ3n) is 5.01. The number of nitrogens with one attached hydrogen (secondary N) is 1. The fourth-order valence-electron chi connectivity index (χ4n) is 3.92. The molecular weight excluding hydrogens is 344 g/mol. The first-order valence-corrected chi connectivity index (χ1v) is 9.05. The molecule has 2 aliphatic rings. The fourth-order valence-corrected chi connectivity index (χ4v) is 3.92. The molecule has 27 heavy (non-hydrogen) atoms. The van der Waals surface area contributed by atoms with Crippen LogP contribution in [0.25, 0.3) is 0 Å². The molecule has 0 spiro atoms. The van der Waals surface area contributed by atoms with Crippen LogP contribution in [0.3, 0.4) is 0 Å². The van der Waals surface area contributed by atoms with Crippen LogP contribution < -0.4 is 10.2 Å². The van der Waals surface area contributed by atoms with Gasteiger partial charge in [-0.15, -0.1) is 0 Å². The molecule has 6 nitrogen and oxygen atoms in total. The van der Waals surface area contributed by atoms with Crippen molar-refractivity contribution in [3.63, 3.8) is 0 Å². The van der Waals surface area contributed by atoms with Gasteiger partial charge in [0.05, 0.1) is 12.2 Å². The van der Waals surface area contributed by atoms with Crippen molar-refractivity contribution in [2.45, 2.75) is 38.5 Å². The van der Waals surface area contributed by atoms with Gasteiger partial charge in [-0.05, 0) is 49.2 Å². The van der Waals surface area contributed by atoms with Crippen LogP contribution >= 0.6 is 0 Å². The van der Waals surface area contributed by atoms with Crippen LogP contribution in [0.2, 0.25) is 0 Å². The molecule has 0 radical (unpaired) electrons. The maximum absolute atomic E-state index is 13.0. The van der Waals surface area contributed by atoms with Crippen molar-refractivity contribution in [1.29, 1.82) is 0 Å². The summed E-state index contributed by atoms with van der Waals surface area (Å²) in [6, 6.07) is 10.7. The minimum absolute atomic E-state index is 0.0582. The Morgan fingerprint density at radius 1 is 1.15 bits per heavy atom. The van der Waals surface area contributed by atoms with E-state index in [9.17, 15) is 14.4 Å². The van der Waals surface area contributed by atoms with Crippen molar-refractivity contribution in [2.24, 2.45) is 0 Å². The van der Waals surface area contributed by atoms with Gasteiger partial charge in [0.15, 0.2) is 5.78 Å². The van der Waals surface area contributed by atoms with Crippen LogP contribution in [0.5, 0.6) is 0 Å². The number of amides is 2. The molecule has 0 fully saturated rings. The zero-order chi connectivity index (χ0) is 19.0. The number of hydrogen-bond donors (Lipinski definition) is 1. The predicted octanol–water partition coefficient (Wildman–Crippen LogP) is 3.77. The molecule has 1 aromatic heterocycles. The third kappa shape index (κ3) is 3.18. The summed E-state index contributed by atoms with van der Waals surface area (Å²) in [4.78, 5) is 38.6. The molecule has 1 unspecified atom stereocenters. The molecule has 2 heterocycles. The summed E-state index contributed by atoms with van der Waals surface area (Å²) in [5, 5.41) is 2.71. The topological polar surface area (TPSA) is 79.6 Å². The van der Waals surface area contributed by atoms with E-state index in [0.717, 1.165) is 12.1 Å². The van der Waals surface area contributed by atoms with E-state index in [1.54, 1.807) is 41.5 Å². The van der Waals surface area contributed by atoms with Crippen LogP contribution in [0.15, 0.2) is 58.3 Å². The second-order valence-electron chi connectivity index (χ2n) is 6.87. The van der Waals surface area contributed by atoms with Gasteiger partial charge in [0.2, 0.25) is 11.8 Å². The van der Waals surface area contributed by atoms with Gasteiger partial charge in [0, 0.05) is 42.4 Å². The first-order valence-electron chi connectivity index (χ1n) is 9.05. The highest BCUT2D eigenvalue weighted by Gasteiger charge is 2.40. The van der Waals surface area contributed by atoms with Crippen molar-refractivity contribution < 1.29 is 18.8 Å². The molecule has 0 saturated heterocycles. The zero-order valence-corrected chi connectivity index (χ0v) is 15.0. The Balaban J connectivity index is 1.75. The lowest BCUT2D eigenvalue weighted by Gasteiger charge is -2.37. The van der Waals surface area contributed by atoms with Crippen LogP contribution in [-0.2, 0) is 14.4 Å². The summed E-state index contributed by atoms with van der Waals surface area (Å²) in [7, 11) is 0. The molecule has 1 N–H and O–H groups in total. The number of allylic oxidation sites excluding steroid dienone is 2. The first-order chi connectivity index (χ1) is 13.0. The molecule has 6 heteroatoms. The molecule has 1 atom stereocenters. The summed E-state index contributed by atoms with van der Waals surface area (Å²) < 4.78 is 5.51. The summed E-state index contributed by atoms with van der Waals surface area (Å²) >= 11 is 0. The lowest BCUT2D eigenvalue weighted by atomic mass is 9.79. The Hall–Kier alpha value is -3.15. The van der Waals surface area contributed by atoms with Crippen LogP contribution in [0.1, 0.15) is 44.3 Å². The van der Waals surface area contributed by atoms with Crippen molar-refractivity contribution in [3.05, 3.63) is 59.7 Å². The van der Waals surface area contributed by atoms with E-state index in [4.69, 9.17) is 4.42 Å². The number of carbonyl (C=O) groups is 3. The van der Waals surface area contributed by atoms with Gasteiger partial charge in [-0.2, -0.15) is 0 Å². The number of benzene rings is 1. The van der Waals surface area contributed by atoms with E-state index in [0.29, 0.717) is 35.5 Å². The number of rotatable bonds is 3. The number of nitrogens with zero attached hydrogens (tertiary/aromatic N) is 1. The normalized spacial score (nSPS) is 19.9. The van der Waals surface area contributed by atoms with Crippen molar-refractivity contribution in [1.82, 2.24) is 0 Å². The highest BCUT2D eigenvalue weighted by Crippen LogP contribution is 2.43. The molecule has 0 bridgehead atoms. The average Bonchev–Trinajstić information content (AvgIpc) is 3.16. The number of carbonyl (C=O) groups excluding carboxylic acids is 3. The van der Waals surface area contributed by atoms with E-state index in [2.05, 4.69) is 5.32 Å². The van der Waals surface area contributed by atoms with E-state index in [1.807, 2.05) is 6.07 Å². The SMILES string of the molecule is CC(=O)Nc1ccc(N2C(=O)CC(c3ccco3)C3=C2CCCC3=O)cc1. The Labute approximate surface area is 156 Å². The van der Waals surface area contributed by atoms with Gasteiger partial charge in [-0.3, -0.25) is 19.3 Å². The van der Waals surface area contributed by atoms with Gasteiger partial charge in [-0.25, -0.2) is 0 Å². The molecule has 2 aromatic rings. The van der Waals surface area contributed by atoms with E-state index in [1.165, 1.54) is 6.92 Å². The van der Waals surface area contributed by atoms with Crippen molar-refractivity contribution >= 4 is 29.0 Å². The van der Waals surface area contributed by atoms with Crippen LogP contribution in [-0.4, -0.2) is 17.6 Å². The molecule has 1 aliphatic carbocycles. The lowest BCUT2D eigenvalue weighted by molar-refractivity contribution is -0.120. The lowest BCUT2D eigenvalue weighted by Crippen LogP contribution is -2.40. The maximum Gasteiger partial charge on any atom is 0.232 e. The molecule has 4 rings (SSSR count).